The van der Waals surface area contributed by atoms with E-state index in [1.54, 1.807) is 43.7 Å². The van der Waals surface area contributed by atoms with Crippen molar-refractivity contribution in [2.75, 3.05) is 14.2 Å². The molecule has 4 rings (SSSR count). The van der Waals surface area contributed by atoms with Crippen molar-refractivity contribution in [2.24, 2.45) is 0 Å². The normalized spacial score (nSPS) is 10.6. The molecule has 0 spiro atoms. The minimum absolute atomic E-state index is 0.247. The van der Waals surface area contributed by atoms with Gasteiger partial charge in [0.1, 0.15) is 11.5 Å². The van der Waals surface area contributed by atoms with E-state index in [0.29, 0.717) is 46.8 Å². The second kappa shape index (κ2) is 9.97. The van der Waals surface area contributed by atoms with Crippen LogP contribution in [-0.2, 0) is 13.0 Å². The van der Waals surface area contributed by atoms with Crippen molar-refractivity contribution in [3.8, 4) is 22.4 Å². The summed E-state index contributed by atoms with van der Waals surface area (Å²) in [6, 6.07) is 16.3. The Bertz CT molecular complexity index is 1190. The van der Waals surface area contributed by atoms with Crippen LogP contribution >= 0.6 is 11.5 Å². The SMILES string of the molecule is COc1cccc(Cc2nsc(Oc3ccc(C(=O)NCc4ccco4)cc3OC)n2)c1. The van der Waals surface area contributed by atoms with E-state index >= 15 is 0 Å². The third kappa shape index (κ3) is 5.25. The van der Waals surface area contributed by atoms with Gasteiger partial charge < -0.3 is 23.9 Å². The van der Waals surface area contributed by atoms with Crippen molar-refractivity contribution in [3.05, 3.63) is 83.6 Å². The van der Waals surface area contributed by atoms with Crippen molar-refractivity contribution >= 4 is 17.4 Å². The first-order valence-corrected chi connectivity index (χ1v) is 10.5. The Kier molecular flexibility index (Phi) is 6.66. The van der Waals surface area contributed by atoms with Crippen molar-refractivity contribution in [1.82, 2.24) is 14.7 Å². The lowest BCUT2D eigenvalue weighted by molar-refractivity contribution is 0.0947. The van der Waals surface area contributed by atoms with Crippen LogP contribution in [0.3, 0.4) is 0 Å². The van der Waals surface area contributed by atoms with Gasteiger partial charge in [0.05, 0.1) is 27.0 Å². The highest BCUT2D eigenvalue weighted by molar-refractivity contribution is 7.07. The van der Waals surface area contributed by atoms with E-state index in [1.807, 2.05) is 24.3 Å². The standard InChI is InChI=1S/C23H21N3O5S/c1-28-17-6-3-5-15(11-17)12-21-25-23(32-26-21)31-19-9-8-16(13-20(19)29-2)22(27)24-14-18-7-4-10-30-18/h3-11,13H,12,14H2,1-2H3,(H,24,27). The van der Waals surface area contributed by atoms with E-state index in [1.165, 1.54) is 7.11 Å². The van der Waals surface area contributed by atoms with Crippen LogP contribution in [0.25, 0.3) is 0 Å². The maximum Gasteiger partial charge on any atom is 0.298 e. The number of carbonyl (C=O) groups is 1. The van der Waals surface area contributed by atoms with Gasteiger partial charge in [0.2, 0.25) is 0 Å². The number of methoxy groups -OCH3 is 2. The molecule has 0 unspecified atom stereocenters. The van der Waals surface area contributed by atoms with Crippen LogP contribution in [0.5, 0.6) is 22.4 Å². The molecule has 0 saturated carbocycles. The Morgan fingerprint density at radius 3 is 2.75 bits per heavy atom. The molecule has 2 heterocycles. The molecule has 0 bridgehead atoms. The van der Waals surface area contributed by atoms with E-state index in [-0.39, 0.29) is 5.91 Å². The van der Waals surface area contributed by atoms with E-state index in [2.05, 4.69) is 14.7 Å². The zero-order valence-electron chi connectivity index (χ0n) is 17.5. The molecule has 0 aliphatic carbocycles. The minimum Gasteiger partial charge on any atom is -0.497 e. The van der Waals surface area contributed by atoms with Gasteiger partial charge in [-0.2, -0.15) is 9.36 Å². The van der Waals surface area contributed by atoms with Crippen LogP contribution in [0.2, 0.25) is 0 Å². The first-order valence-electron chi connectivity index (χ1n) is 9.76. The summed E-state index contributed by atoms with van der Waals surface area (Å²) in [6.45, 7) is 0.299. The number of nitrogens with zero attached hydrogens (tertiary/aromatic N) is 2. The van der Waals surface area contributed by atoms with Crippen LogP contribution in [-0.4, -0.2) is 29.5 Å². The molecule has 1 amide bonds. The summed E-state index contributed by atoms with van der Waals surface area (Å²) < 4.78 is 26.1. The number of nitrogens with one attached hydrogen (secondary N) is 1. The molecule has 0 aliphatic rings. The smallest absolute Gasteiger partial charge is 0.298 e. The van der Waals surface area contributed by atoms with Crippen LogP contribution in [0.1, 0.15) is 27.5 Å². The zero-order valence-corrected chi connectivity index (χ0v) is 18.3. The zero-order chi connectivity index (χ0) is 22.3. The summed E-state index contributed by atoms with van der Waals surface area (Å²) in [5.74, 6) is 2.71. The summed E-state index contributed by atoms with van der Waals surface area (Å²) in [6.07, 6.45) is 2.12. The highest BCUT2D eigenvalue weighted by atomic mass is 32.1. The van der Waals surface area contributed by atoms with E-state index < -0.39 is 0 Å². The molecule has 2 aromatic heterocycles. The third-order valence-electron chi connectivity index (χ3n) is 4.57. The number of hydrogen-bond acceptors (Lipinski definition) is 8. The quantitative estimate of drug-likeness (QED) is 0.401. The van der Waals surface area contributed by atoms with Crippen molar-refractivity contribution in [1.29, 1.82) is 0 Å². The van der Waals surface area contributed by atoms with Gasteiger partial charge in [-0.1, -0.05) is 12.1 Å². The molecule has 1 N–H and O–H groups in total. The molecule has 8 nitrogen and oxygen atoms in total. The average Bonchev–Trinajstić information content (AvgIpc) is 3.50. The molecule has 0 saturated heterocycles. The Balaban J connectivity index is 1.42. The largest absolute Gasteiger partial charge is 0.497 e. The molecular formula is C23H21N3O5S. The average molecular weight is 452 g/mol. The van der Waals surface area contributed by atoms with E-state index in [4.69, 9.17) is 18.6 Å². The Morgan fingerprint density at radius 2 is 1.97 bits per heavy atom. The molecule has 164 valence electrons. The lowest BCUT2D eigenvalue weighted by Crippen LogP contribution is -2.22. The first kappa shape index (κ1) is 21.4. The van der Waals surface area contributed by atoms with Crippen LogP contribution in [0.15, 0.2) is 65.3 Å². The summed E-state index contributed by atoms with van der Waals surface area (Å²) in [7, 11) is 3.15. The predicted molar refractivity (Wildman–Crippen MR) is 119 cm³/mol. The second-order valence-electron chi connectivity index (χ2n) is 6.73. The summed E-state index contributed by atoms with van der Waals surface area (Å²) in [5, 5.41) is 3.18. The maximum absolute atomic E-state index is 12.4. The second-order valence-corrected chi connectivity index (χ2v) is 7.45. The van der Waals surface area contributed by atoms with Gasteiger partial charge in [0.15, 0.2) is 17.3 Å². The molecule has 0 atom stereocenters. The van der Waals surface area contributed by atoms with E-state index in [0.717, 1.165) is 22.8 Å². The minimum atomic E-state index is -0.247. The molecule has 0 aliphatic heterocycles. The topological polar surface area (TPSA) is 95.7 Å². The summed E-state index contributed by atoms with van der Waals surface area (Å²) in [4.78, 5) is 16.9. The van der Waals surface area contributed by atoms with Gasteiger partial charge in [-0.15, -0.1) is 0 Å². The number of aromatic nitrogens is 2. The Hall–Kier alpha value is -3.85. The predicted octanol–water partition coefficient (Wildman–Crippen LogP) is 4.46. The lowest BCUT2D eigenvalue weighted by atomic mass is 10.1. The Morgan fingerprint density at radius 1 is 1.06 bits per heavy atom. The molecule has 4 aromatic rings. The molecule has 9 heteroatoms. The van der Waals surface area contributed by atoms with Gasteiger partial charge in [-0.25, -0.2) is 0 Å². The number of ether oxygens (including phenoxy) is 3. The number of hydrogen-bond donors (Lipinski definition) is 1. The maximum atomic E-state index is 12.4. The number of amides is 1. The van der Waals surface area contributed by atoms with Gasteiger partial charge in [0.25, 0.3) is 11.1 Å². The fourth-order valence-electron chi connectivity index (χ4n) is 2.99. The fourth-order valence-corrected chi connectivity index (χ4v) is 3.55. The molecule has 32 heavy (non-hydrogen) atoms. The number of benzene rings is 2. The van der Waals surface area contributed by atoms with Crippen LogP contribution < -0.4 is 19.5 Å². The van der Waals surface area contributed by atoms with Crippen molar-refractivity contribution in [2.45, 2.75) is 13.0 Å². The lowest BCUT2D eigenvalue weighted by Gasteiger charge is -2.10. The van der Waals surface area contributed by atoms with Gasteiger partial charge >= 0.3 is 0 Å². The van der Waals surface area contributed by atoms with Crippen LogP contribution in [0.4, 0.5) is 0 Å². The Labute approximate surface area is 188 Å². The van der Waals surface area contributed by atoms with Crippen molar-refractivity contribution < 1.29 is 23.4 Å². The summed E-state index contributed by atoms with van der Waals surface area (Å²) in [5.41, 5.74) is 1.48. The fraction of sp³-hybridized carbons (Fsp3) is 0.174. The van der Waals surface area contributed by atoms with Gasteiger partial charge in [-0.05, 0) is 48.0 Å². The number of rotatable bonds is 9. The summed E-state index contributed by atoms with van der Waals surface area (Å²) >= 11 is 1.15. The number of carbonyl (C=O) groups excluding carboxylic acids is 1. The highest BCUT2D eigenvalue weighted by Crippen LogP contribution is 2.33. The third-order valence-corrected chi connectivity index (χ3v) is 5.21. The monoisotopic (exact) mass is 451 g/mol. The van der Waals surface area contributed by atoms with Gasteiger partial charge in [-0.3, -0.25) is 4.79 Å². The van der Waals surface area contributed by atoms with Crippen LogP contribution in [0, 0.1) is 0 Å². The van der Waals surface area contributed by atoms with Gasteiger partial charge in [0, 0.05) is 23.5 Å². The van der Waals surface area contributed by atoms with E-state index in [9.17, 15) is 4.79 Å². The molecular weight excluding hydrogens is 430 g/mol. The first-order chi connectivity index (χ1) is 15.6. The molecule has 0 fully saturated rings. The van der Waals surface area contributed by atoms with Crippen molar-refractivity contribution in [3.63, 3.8) is 0 Å². The molecule has 0 radical (unpaired) electrons. The number of furan rings is 1. The highest BCUT2D eigenvalue weighted by Gasteiger charge is 2.14. The molecule has 2 aromatic carbocycles.